The normalized spacial score (nSPS) is 15.3. The van der Waals surface area contributed by atoms with Gasteiger partial charge >= 0.3 is 6.03 Å². The Labute approximate surface area is 233 Å². The third-order valence-electron chi connectivity index (χ3n) is 6.44. The number of anilines is 1. The molecule has 1 fully saturated rings. The Morgan fingerprint density at radius 3 is 2.26 bits per heavy atom. The van der Waals surface area contributed by atoms with Crippen molar-refractivity contribution in [1.29, 1.82) is 0 Å². The van der Waals surface area contributed by atoms with E-state index >= 15 is 0 Å². The van der Waals surface area contributed by atoms with Crippen molar-refractivity contribution in [2.24, 2.45) is 5.92 Å². The van der Waals surface area contributed by atoms with Gasteiger partial charge in [0.2, 0.25) is 0 Å². The minimum atomic E-state index is -3.31. The fourth-order valence-corrected chi connectivity index (χ4v) is 6.12. The zero-order chi connectivity index (χ0) is 28.2. The number of piperidine rings is 1. The van der Waals surface area contributed by atoms with Crippen molar-refractivity contribution in [3.8, 4) is 11.5 Å². The van der Waals surface area contributed by atoms with Gasteiger partial charge in [-0.15, -0.1) is 0 Å². The minimum Gasteiger partial charge on any atom is -0.457 e. The van der Waals surface area contributed by atoms with E-state index in [9.17, 15) is 22.7 Å². The zero-order valence-corrected chi connectivity index (χ0v) is 23.8. The molecule has 0 radical (unpaired) electrons. The molecule has 3 aromatic carbocycles. The molecule has 208 valence electrons. The van der Waals surface area contributed by atoms with Crippen LogP contribution in [-0.2, 0) is 9.84 Å². The number of carbonyl (C=O) groups is 1. The molecule has 0 aromatic heterocycles. The highest BCUT2D eigenvalue weighted by molar-refractivity contribution is 7.99. The van der Waals surface area contributed by atoms with E-state index in [0.29, 0.717) is 55.5 Å². The molecule has 1 aliphatic heterocycles. The maximum absolute atomic E-state index is 13.4. The smallest absolute Gasteiger partial charge is 0.321 e. The number of urea groups is 1. The van der Waals surface area contributed by atoms with Gasteiger partial charge in [0.25, 0.3) is 0 Å². The van der Waals surface area contributed by atoms with Crippen molar-refractivity contribution in [1.82, 2.24) is 4.90 Å². The van der Waals surface area contributed by atoms with Crippen LogP contribution in [-0.4, -0.2) is 49.4 Å². The zero-order valence-electron chi connectivity index (χ0n) is 22.2. The molecular weight excluding hydrogens is 539 g/mol. The molecule has 2 amide bonds. The van der Waals surface area contributed by atoms with Crippen LogP contribution in [0, 0.1) is 11.7 Å². The lowest BCUT2D eigenvalue weighted by molar-refractivity contribution is -0.0268. The molecule has 0 aliphatic carbocycles. The molecule has 3 aromatic rings. The number of halogens is 1. The number of nitrogens with one attached hydrogen (secondary N) is 1. The molecule has 0 saturated carbocycles. The van der Waals surface area contributed by atoms with Crippen molar-refractivity contribution >= 4 is 33.3 Å². The first kappa shape index (κ1) is 28.9. The number of likely N-dealkylation sites (tertiary alicyclic amines) is 1. The second-order valence-electron chi connectivity index (χ2n) is 10.3. The first-order valence-corrected chi connectivity index (χ1v) is 15.4. The van der Waals surface area contributed by atoms with Gasteiger partial charge in [0.15, 0.2) is 9.84 Å². The summed E-state index contributed by atoms with van der Waals surface area (Å²) < 4.78 is 42.9. The molecule has 10 heteroatoms. The van der Waals surface area contributed by atoms with Gasteiger partial charge in [-0.05, 0) is 85.8 Å². The maximum atomic E-state index is 13.4. The van der Waals surface area contributed by atoms with Crippen molar-refractivity contribution in [3.63, 3.8) is 0 Å². The summed E-state index contributed by atoms with van der Waals surface area (Å²) in [6.07, 6.45) is 2.92. The van der Waals surface area contributed by atoms with Crippen LogP contribution in [0.25, 0.3) is 0 Å². The molecule has 0 bridgehead atoms. The van der Waals surface area contributed by atoms with E-state index in [4.69, 9.17) is 4.74 Å². The average molecular weight is 573 g/mol. The predicted octanol–water partition coefficient (Wildman–Crippen LogP) is 6.58. The Morgan fingerprint density at radius 2 is 1.67 bits per heavy atom. The number of sulfone groups is 1. The number of benzene rings is 3. The number of hydrogen-bond donors (Lipinski definition) is 2. The predicted molar refractivity (Wildman–Crippen MR) is 151 cm³/mol. The second-order valence-corrected chi connectivity index (χ2v) is 13.5. The molecule has 1 heterocycles. The van der Waals surface area contributed by atoms with Gasteiger partial charge in [-0.1, -0.05) is 25.6 Å². The summed E-state index contributed by atoms with van der Waals surface area (Å²) in [7, 11) is -3.31. The lowest BCUT2D eigenvalue weighted by atomic mass is 9.84. The number of ether oxygens (including phenoxy) is 1. The van der Waals surface area contributed by atoms with Crippen molar-refractivity contribution in [3.05, 3.63) is 72.5 Å². The van der Waals surface area contributed by atoms with E-state index < -0.39 is 15.4 Å². The summed E-state index contributed by atoms with van der Waals surface area (Å²) in [5, 5.41) is 13.8. The largest absolute Gasteiger partial charge is 0.457 e. The fourth-order valence-electron chi connectivity index (χ4n) is 4.58. The molecular formula is C29H33FN2O5S2. The second kappa shape index (κ2) is 12.0. The van der Waals surface area contributed by atoms with Crippen molar-refractivity contribution in [2.75, 3.05) is 24.7 Å². The lowest BCUT2D eigenvalue weighted by Crippen LogP contribution is -2.48. The minimum absolute atomic E-state index is 0.232. The summed E-state index contributed by atoms with van der Waals surface area (Å²) in [5.41, 5.74) is -0.234. The number of hydrogen-bond acceptors (Lipinski definition) is 6. The first-order chi connectivity index (χ1) is 18.4. The Morgan fingerprint density at radius 1 is 1.03 bits per heavy atom. The monoisotopic (exact) mass is 572 g/mol. The highest BCUT2D eigenvalue weighted by Crippen LogP contribution is 2.36. The molecule has 7 nitrogen and oxygen atoms in total. The van der Waals surface area contributed by atoms with Gasteiger partial charge in [0, 0.05) is 40.9 Å². The lowest BCUT2D eigenvalue weighted by Gasteiger charge is -2.39. The third kappa shape index (κ3) is 8.20. The van der Waals surface area contributed by atoms with Crippen LogP contribution in [0.3, 0.4) is 0 Å². The quantitative estimate of drug-likeness (QED) is 0.317. The Kier molecular flexibility index (Phi) is 8.88. The van der Waals surface area contributed by atoms with E-state index in [0.717, 1.165) is 16.0 Å². The Hall–Kier alpha value is -3.08. The Bertz CT molecular complexity index is 1400. The molecule has 0 spiro atoms. The summed E-state index contributed by atoms with van der Waals surface area (Å²) in [5.74, 6) is 0.880. The van der Waals surface area contributed by atoms with Crippen LogP contribution in [0.4, 0.5) is 14.9 Å². The molecule has 0 unspecified atom stereocenters. The van der Waals surface area contributed by atoms with Crippen molar-refractivity contribution < 1.29 is 27.4 Å². The van der Waals surface area contributed by atoms with Gasteiger partial charge in [-0.2, -0.15) is 0 Å². The van der Waals surface area contributed by atoms with Crippen molar-refractivity contribution in [2.45, 2.75) is 53.4 Å². The highest BCUT2D eigenvalue weighted by atomic mass is 32.2. The number of nitrogens with zero attached hydrogens (tertiary/aromatic N) is 1. The van der Waals surface area contributed by atoms with Gasteiger partial charge in [-0.3, -0.25) is 0 Å². The van der Waals surface area contributed by atoms with Gasteiger partial charge in [-0.25, -0.2) is 17.6 Å². The van der Waals surface area contributed by atoms with Gasteiger partial charge < -0.3 is 20.1 Å². The summed E-state index contributed by atoms with van der Waals surface area (Å²) >= 11 is 1.38. The fraction of sp³-hybridized carbons (Fsp3) is 0.345. The molecule has 4 rings (SSSR count). The van der Waals surface area contributed by atoms with E-state index in [1.165, 1.54) is 36.0 Å². The van der Waals surface area contributed by atoms with E-state index in [2.05, 4.69) is 19.2 Å². The SMILES string of the molecule is CC(C)CC1(O)CCN(C(=O)Nc2cc(Oc3ccc(F)cc3)cc(Sc3ccc(S(C)(=O)=O)cc3)c2)CC1. The van der Waals surface area contributed by atoms with E-state index in [1.54, 1.807) is 41.3 Å². The number of carbonyl (C=O) groups excluding carboxylic acids is 1. The van der Waals surface area contributed by atoms with Crippen LogP contribution in [0.2, 0.25) is 0 Å². The van der Waals surface area contributed by atoms with Crippen LogP contribution in [0.15, 0.2) is 81.4 Å². The molecule has 39 heavy (non-hydrogen) atoms. The summed E-state index contributed by atoms with van der Waals surface area (Å²) in [6.45, 7) is 5.06. The summed E-state index contributed by atoms with van der Waals surface area (Å²) in [4.78, 5) is 16.6. The van der Waals surface area contributed by atoms with Crippen LogP contribution >= 0.6 is 11.8 Å². The maximum Gasteiger partial charge on any atom is 0.321 e. The van der Waals surface area contributed by atoms with E-state index in [-0.39, 0.29) is 16.7 Å². The topological polar surface area (TPSA) is 95.9 Å². The number of amides is 2. The van der Waals surface area contributed by atoms with Crippen LogP contribution in [0.5, 0.6) is 11.5 Å². The van der Waals surface area contributed by atoms with Crippen LogP contribution in [0.1, 0.15) is 33.1 Å². The molecule has 2 N–H and O–H groups in total. The average Bonchev–Trinajstić information content (AvgIpc) is 2.85. The third-order valence-corrected chi connectivity index (χ3v) is 8.55. The Balaban J connectivity index is 1.53. The molecule has 1 aliphatic rings. The standard InChI is InChI=1S/C29H33FN2O5S2/c1-20(2)19-29(34)12-14-32(15-13-29)28(33)31-22-16-24(37-23-6-4-21(30)5-7-23)18-26(17-22)38-25-8-10-27(11-9-25)39(3,35)36/h4-11,16-18,20,34H,12-15,19H2,1-3H3,(H,31,33). The number of aliphatic hydroxyl groups is 1. The van der Waals surface area contributed by atoms with Gasteiger partial charge in [0.05, 0.1) is 10.5 Å². The van der Waals surface area contributed by atoms with Gasteiger partial charge in [0.1, 0.15) is 17.3 Å². The molecule has 1 saturated heterocycles. The number of rotatable bonds is 8. The molecule has 0 atom stereocenters. The highest BCUT2D eigenvalue weighted by Gasteiger charge is 2.34. The van der Waals surface area contributed by atoms with Crippen LogP contribution < -0.4 is 10.1 Å². The van der Waals surface area contributed by atoms with E-state index in [1.807, 2.05) is 6.07 Å². The first-order valence-electron chi connectivity index (χ1n) is 12.7. The summed E-state index contributed by atoms with van der Waals surface area (Å²) in [6, 6.07) is 17.2.